The van der Waals surface area contributed by atoms with Crippen LogP contribution in [0.15, 0.2) is 65.0 Å². The van der Waals surface area contributed by atoms with E-state index in [-0.39, 0.29) is 17.5 Å². The maximum atomic E-state index is 13.1. The van der Waals surface area contributed by atoms with Gasteiger partial charge in [-0.05, 0) is 59.0 Å². The fraction of sp³-hybridized carbons (Fsp3) is 0.100. The molecule has 10 nitrogen and oxygen atoms in total. The van der Waals surface area contributed by atoms with Crippen LogP contribution in [0.5, 0.6) is 5.75 Å². The summed E-state index contributed by atoms with van der Waals surface area (Å²) in [6, 6.07) is 13.2. The van der Waals surface area contributed by atoms with Crippen molar-refractivity contribution in [3.63, 3.8) is 0 Å². The van der Waals surface area contributed by atoms with E-state index in [0.29, 0.717) is 22.2 Å². The van der Waals surface area contributed by atoms with Gasteiger partial charge in [0.1, 0.15) is 11.6 Å². The molecule has 4 rings (SSSR count). The molecule has 0 fully saturated rings. The third kappa shape index (κ3) is 4.98. The fourth-order valence-corrected chi connectivity index (χ4v) is 3.41. The lowest BCUT2D eigenvalue weighted by Gasteiger charge is -2.05. The van der Waals surface area contributed by atoms with Crippen LogP contribution in [0.4, 0.5) is 4.39 Å². The molecule has 4 aromatic rings. The summed E-state index contributed by atoms with van der Waals surface area (Å²) in [6.45, 7) is 0. The molecule has 0 atom stereocenters. The number of amides is 1. The Kier molecular flexibility index (Phi) is 6.51. The van der Waals surface area contributed by atoms with Gasteiger partial charge in [0.2, 0.25) is 5.16 Å². The quantitative estimate of drug-likeness (QED) is 0.239. The molecule has 2 N–H and O–H groups in total. The molecule has 1 amide bonds. The summed E-state index contributed by atoms with van der Waals surface area (Å²) < 4.78 is 19.8. The predicted octanol–water partition coefficient (Wildman–Crippen LogP) is 2.44. The number of hydrazone groups is 1. The standard InChI is InChI=1S/C20H17FN8O2S/c1-31-17-8-6-16(7-9-17)29-20(26-27-28-29)32-12-18(30)24-22-10-14-11-23-25-19(14)13-2-4-15(21)5-3-13/h2-11H,12H2,1H3,(H,23,25)(H,24,30)/b22-10+. The molecule has 0 aliphatic carbocycles. The minimum Gasteiger partial charge on any atom is -0.497 e. The van der Waals surface area contributed by atoms with E-state index in [1.54, 1.807) is 37.6 Å². The Morgan fingerprint density at radius 3 is 2.78 bits per heavy atom. The lowest BCUT2D eigenvalue weighted by Crippen LogP contribution is -2.20. The van der Waals surface area contributed by atoms with E-state index in [1.807, 2.05) is 12.1 Å². The average Bonchev–Trinajstić information content (AvgIpc) is 3.48. The first-order chi connectivity index (χ1) is 15.6. The first-order valence-electron chi connectivity index (χ1n) is 9.31. The number of carbonyl (C=O) groups is 1. The second kappa shape index (κ2) is 9.83. The van der Waals surface area contributed by atoms with Crippen LogP contribution < -0.4 is 10.2 Å². The molecule has 0 saturated carbocycles. The number of methoxy groups -OCH3 is 1. The number of aromatic amines is 1. The van der Waals surface area contributed by atoms with Crippen molar-refractivity contribution < 1.29 is 13.9 Å². The van der Waals surface area contributed by atoms with Gasteiger partial charge in [0, 0.05) is 11.1 Å². The summed E-state index contributed by atoms with van der Waals surface area (Å²) in [6.07, 6.45) is 3.03. The number of nitrogens with zero attached hydrogens (tertiary/aromatic N) is 6. The molecule has 32 heavy (non-hydrogen) atoms. The second-order valence-electron chi connectivity index (χ2n) is 6.36. The predicted molar refractivity (Wildman–Crippen MR) is 116 cm³/mol. The molecule has 162 valence electrons. The van der Waals surface area contributed by atoms with E-state index < -0.39 is 0 Å². The molecule has 0 aliphatic rings. The van der Waals surface area contributed by atoms with E-state index in [4.69, 9.17) is 4.74 Å². The number of hydrogen-bond donors (Lipinski definition) is 2. The lowest BCUT2D eigenvalue weighted by atomic mass is 10.1. The van der Waals surface area contributed by atoms with Gasteiger partial charge in [-0.15, -0.1) is 5.10 Å². The van der Waals surface area contributed by atoms with Crippen molar-refractivity contribution >= 4 is 23.9 Å². The summed E-state index contributed by atoms with van der Waals surface area (Å²) in [5, 5.41) is 22.8. The largest absolute Gasteiger partial charge is 0.497 e. The van der Waals surface area contributed by atoms with Crippen molar-refractivity contribution in [2.24, 2.45) is 5.10 Å². The highest BCUT2D eigenvalue weighted by Gasteiger charge is 2.12. The zero-order chi connectivity index (χ0) is 22.3. The van der Waals surface area contributed by atoms with Gasteiger partial charge >= 0.3 is 0 Å². The van der Waals surface area contributed by atoms with Gasteiger partial charge < -0.3 is 4.74 Å². The molecule has 0 bridgehead atoms. The van der Waals surface area contributed by atoms with Crippen molar-refractivity contribution in [1.29, 1.82) is 0 Å². The molecular weight excluding hydrogens is 435 g/mol. The molecule has 2 aromatic heterocycles. The third-order valence-electron chi connectivity index (χ3n) is 4.28. The topological polar surface area (TPSA) is 123 Å². The number of halogens is 1. The Morgan fingerprint density at radius 1 is 1.25 bits per heavy atom. The number of H-pyrrole nitrogens is 1. The number of thioether (sulfide) groups is 1. The molecule has 2 heterocycles. The highest BCUT2D eigenvalue weighted by Crippen LogP contribution is 2.21. The van der Waals surface area contributed by atoms with Crippen molar-refractivity contribution in [2.45, 2.75) is 5.16 Å². The Balaban J connectivity index is 1.34. The zero-order valence-electron chi connectivity index (χ0n) is 16.8. The summed E-state index contributed by atoms with van der Waals surface area (Å²) in [7, 11) is 1.59. The van der Waals surface area contributed by atoms with Gasteiger partial charge in [-0.3, -0.25) is 9.89 Å². The van der Waals surface area contributed by atoms with Crippen LogP contribution in [0.1, 0.15) is 5.56 Å². The van der Waals surface area contributed by atoms with Crippen molar-refractivity contribution in [2.75, 3.05) is 12.9 Å². The number of tetrazole rings is 1. The number of aromatic nitrogens is 6. The van der Waals surface area contributed by atoms with Gasteiger partial charge in [0.25, 0.3) is 5.91 Å². The minimum atomic E-state index is -0.331. The van der Waals surface area contributed by atoms with E-state index >= 15 is 0 Å². The number of carbonyl (C=O) groups excluding carboxylic acids is 1. The van der Waals surface area contributed by atoms with Crippen LogP contribution in [-0.2, 0) is 4.79 Å². The highest BCUT2D eigenvalue weighted by atomic mass is 32.2. The van der Waals surface area contributed by atoms with Gasteiger partial charge in [-0.2, -0.15) is 14.9 Å². The fourth-order valence-electron chi connectivity index (χ4n) is 2.73. The van der Waals surface area contributed by atoms with Crippen molar-refractivity contribution in [3.05, 3.63) is 66.1 Å². The van der Waals surface area contributed by atoms with Gasteiger partial charge in [-0.1, -0.05) is 11.8 Å². The Labute approximate surface area is 185 Å². The molecule has 12 heteroatoms. The van der Waals surface area contributed by atoms with Crippen molar-refractivity contribution in [3.8, 4) is 22.7 Å². The molecular formula is C20H17FN8O2S. The second-order valence-corrected chi connectivity index (χ2v) is 7.30. The number of benzene rings is 2. The number of hydrogen-bond acceptors (Lipinski definition) is 8. The zero-order valence-corrected chi connectivity index (χ0v) is 17.6. The van der Waals surface area contributed by atoms with Gasteiger partial charge in [0.15, 0.2) is 0 Å². The minimum absolute atomic E-state index is 0.0596. The van der Waals surface area contributed by atoms with Gasteiger partial charge in [-0.25, -0.2) is 9.82 Å². The average molecular weight is 452 g/mol. The molecule has 0 spiro atoms. The van der Waals surface area contributed by atoms with Crippen LogP contribution in [0.25, 0.3) is 16.9 Å². The smallest absolute Gasteiger partial charge is 0.250 e. The third-order valence-corrected chi connectivity index (χ3v) is 5.20. The number of nitrogens with one attached hydrogen (secondary N) is 2. The van der Waals surface area contributed by atoms with E-state index in [1.165, 1.54) is 34.8 Å². The summed E-state index contributed by atoms with van der Waals surface area (Å²) >= 11 is 1.17. The van der Waals surface area contributed by atoms with Crippen LogP contribution in [0, 0.1) is 5.82 Å². The van der Waals surface area contributed by atoms with Crippen LogP contribution in [-0.4, -0.2) is 55.4 Å². The highest BCUT2D eigenvalue weighted by molar-refractivity contribution is 7.99. The van der Waals surface area contributed by atoms with Crippen LogP contribution in [0.2, 0.25) is 0 Å². The molecule has 0 aliphatic heterocycles. The lowest BCUT2D eigenvalue weighted by molar-refractivity contribution is -0.118. The van der Waals surface area contributed by atoms with Crippen LogP contribution in [0.3, 0.4) is 0 Å². The van der Waals surface area contributed by atoms with Crippen molar-refractivity contribution in [1.82, 2.24) is 35.8 Å². The number of ether oxygens (including phenoxy) is 1. The maximum Gasteiger partial charge on any atom is 0.250 e. The summed E-state index contributed by atoms with van der Waals surface area (Å²) in [5.41, 5.74) is 5.26. The summed E-state index contributed by atoms with van der Waals surface area (Å²) in [4.78, 5) is 12.2. The normalized spacial score (nSPS) is 11.1. The monoisotopic (exact) mass is 452 g/mol. The van der Waals surface area contributed by atoms with E-state index in [9.17, 15) is 9.18 Å². The van der Waals surface area contributed by atoms with Crippen LogP contribution >= 0.6 is 11.8 Å². The molecule has 2 aromatic carbocycles. The summed E-state index contributed by atoms with van der Waals surface area (Å²) in [5.74, 6) is 0.117. The Morgan fingerprint density at radius 2 is 2.03 bits per heavy atom. The first-order valence-corrected chi connectivity index (χ1v) is 10.3. The van der Waals surface area contributed by atoms with Gasteiger partial charge in [0.05, 0.1) is 36.7 Å². The van der Waals surface area contributed by atoms with E-state index in [2.05, 4.69) is 36.3 Å². The maximum absolute atomic E-state index is 13.1. The van der Waals surface area contributed by atoms with E-state index in [0.717, 1.165) is 11.3 Å². The molecule has 0 unspecified atom stereocenters. The Hall–Kier alpha value is -4.06. The molecule has 0 radical (unpaired) electrons. The Bertz CT molecular complexity index is 1220. The first kappa shape index (κ1) is 21.2. The SMILES string of the molecule is COc1ccc(-n2nnnc2SCC(=O)N/N=C/c2cn[nH]c2-c2ccc(F)cc2)cc1. The number of rotatable bonds is 8. The molecule has 0 saturated heterocycles.